The average molecular weight is 805 g/mol. The van der Waals surface area contributed by atoms with Gasteiger partial charge in [-0.15, -0.1) is 0 Å². The van der Waals surface area contributed by atoms with E-state index in [-0.39, 0.29) is 0 Å². The average Bonchev–Trinajstić information content (AvgIpc) is 4.04. The van der Waals surface area contributed by atoms with Crippen LogP contribution in [0.25, 0.3) is 77.7 Å². The van der Waals surface area contributed by atoms with Gasteiger partial charge in [0.25, 0.3) is 0 Å². The van der Waals surface area contributed by atoms with Crippen LogP contribution in [0.4, 0.5) is 0 Å². The third-order valence-electron chi connectivity index (χ3n) is 14.5. The highest BCUT2D eigenvalue weighted by Gasteiger charge is 2.52. The predicted octanol–water partition coefficient (Wildman–Crippen LogP) is 14.4. The van der Waals surface area contributed by atoms with E-state index in [1.165, 1.54) is 71.6 Å². The zero-order valence-electron chi connectivity index (χ0n) is 34.9. The van der Waals surface area contributed by atoms with Gasteiger partial charge < -0.3 is 4.74 Å². The molecule has 1 aliphatic heterocycles. The molecular weight excluding hydrogens is 765 g/mol. The summed E-state index contributed by atoms with van der Waals surface area (Å²) in [4.78, 5) is 11.3. The molecule has 1 spiro atoms. The second-order valence-corrected chi connectivity index (χ2v) is 17.9. The minimum atomic E-state index is -0.649. The van der Waals surface area contributed by atoms with E-state index >= 15 is 0 Å². The number of nitrogens with zero attached hydrogens (tertiary/aromatic N) is 2. The summed E-state index contributed by atoms with van der Waals surface area (Å²) in [6.45, 7) is 2.15. The van der Waals surface area contributed by atoms with Crippen molar-refractivity contribution in [1.29, 1.82) is 0 Å². The molecule has 1 aromatic heterocycles. The van der Waals surface area contributed by atoms with Crippen LogP contribution in [0.15, 0.2) is 176 Å². The van der Waals surface area contributed by atoms with Crippen LogP contribution in [-0.2, 0) is 31.1 Å². The molecule has 63 heavy (non-hydrogen) atoms. The molecular formula is C60H40N2O. The monoisotopic (exact) mass is 804 g/mol. The maximum Gasteiger partial charge on any atom is 0.161 e. The van der Waals surface area contributed by atoms with E-state index in [2.05, 4.69) is 183 Å². The number of hydrogen-bond acceptors (Lipinski definition) is 3. The Hall–Kier alpha value is -7.62. The van der Waals surface area contributed by atoms with Crippen molar-refractivity contribution in [1.82, 2.24) is 9.97 Å². The highest BCUT2D eigenvalue weighted by Crippen LogP contribution is 2.64. The molecule has 0 saturated heterocycles. The lowest BCUT2D eigenvalue weighted by Crippen LogP contribution is -2.32. The van der Waals surface area contributed by atoms with Crippen molar-refractivity contribution in [3.8, 4) is 67.7 Å². The first-order valence-electron chi connectivity index (χ1n) is 22.3. The highest BCUT2D eigenvalue weighted by molar-refractivity contribution is 6.02. The Kier molecular flexibility index (Phi) is 7.20. The molecule has 3 heteroatoms. The summed E-state index contributed by atoms with van der Waals surface area (Å²) in [5, 5.41) is 5.35. The van der Waals surface area contributed by atoms with Gasteiger partial charge >= 0.3 is 0 Å². The van der Waals surface area contributed by atoms with Crippen LogP contribution >= 0.6 is 0 Å². The van der Waals surface area contributed by atoms with Gasteiger partial charge in [-0.25, -0.2) is 9.97 Å². The number of rotatable bonds is 4. The Bertz CT molecular complexity index is 3630. The van der Waals surface area contributed by atoms with Crippen LogP contribution in [0.2, 0.25) is 0 Å². The quantitative estimate of drug-likeness (QED) is 0.178. The van der Waals surface area contributed by atoms with E-state index in [0.717, 1.165) is 93.3 Å². The van der Waals surface area contributed by atoms with Crippen molar-refractivity contribution in [2.75, 3.05) is 0 Å². The number of fused-ring (bicyclic) bond motifs is 9. The van der Waals surface area contributed by atoms with Crippen LogP contribution in [0.1, 0.15) is 50.1 Å². The summed E-state index contributed by atoms with van der Waals surface area (Å²) in [7, 11) is 0. The van der Waals surface area contributed by atoms with Gasteiger partial charge in [-0.3, -0.25) is 0 Å². The van der Waals surface area contributed by atoms with Gasteiger partial charge in [0.2, 0.25) is 0 Å². The first-order chi connectivity index (χ1) is 31.1. The Morgan fingerprint density at radius 2 is 1.13 bits per heavy atom. The number of ether oxygens (including phenoxy) is 1. The molecule has 9 aromatic carbocycles. The highest BCUT2D eigenvalue weighted by atomic mass is 16.5. The standard InChI is InChI=1S/C60H40N2O/c1-35-11-6-14-39(31-35)43-17-9-23-51-58(43)63-54-24-5-4-21-49(54)60(51)48-20-3-2-16-46(48)57-47(19-10-22-50(57)60)59-61-52(42-32-40-15-7-12-36-27-28-41(33-42)55(36)40)34-53(62-59)44-30-29-38-26-25-37-13-8-18-45(44)56(37)38/h2-24,29-34H,25-28H2,1H3. The third kappa shape index (κ3) is 4.85. The molecule has 14 rings (SSSR count). The lowest BCUT2D eigenvalue weighted by molar-refractivity contribution is 0.438. The molecule has 0 radical (unpaired) electrons. The number of aromatic nitrogens is 2. The van der Waals surface area contributed by atoms with Crippen LogP contribution in [0.3, 0.4) is 0 Å². The summed E-state index contributed by atoms with van der Waals surface area (Å²) in [5.74, 6) is 2.50. The molecule has 2 heterocycles. The number of para-hydroxylation sites is 2. The van der Waals surface area contributed by atoms with Crippen LogP contribution < -0.4 is 4.74 Å². The molecule has 3 nitrogen and oxygen atoms in total. The smallest absolute Gasteiger partial charge is 0.161 e. The molecule has 0 saturated carbocycles. The van der Waals surface area contributed by atoms with Gasteiger partial charge in [0.15, 0.2) is 5.82 Å². The topological polar surface area (TPSA) is 35.0 Å². The number of aryl methyl sites for hydroxylation is 5. The summed E-state index contributed by atoms with van der Waals surface area (Å²) < 4.78 is 7.05. The van der Waals surface area contributed by atoms with Crippen molar-refractivity contribution in [2.45, 2.75) is 38.0 Å². The van der Waals surface area contributed by atoms with E-state index in [9.17, 15) is 0 Å². The van der Waals surface area contributed by atoms with Crippen molar-refractivity contribution < 1.29 is 4.74 Å². The third-order valence-corrected chi connectivity index (χ3v) is 14.5. The Labute approximate surface area is 366 Å². The summed E-state index contributed by atoms with van der Waals surface area (Å²) in [6, 6.07) is 65.0. The van der Waals surface area contributed by atoms with E-state index < -0.39 is 5.41 Å². The maximum atomic E-state index is 7.05. The zero-order chi connectivity index (χ0) is 41.4. The normalized spacial score (nSPS) is 16.0. The molecule has 4 aliphatic rings. The van der Waals surface area contributed by atoms with E-state index in [1.54, 1.807) is 0 Å². The second kappa shape index (κ2) is 13.0. The fraction of sp³-hybridized carbons (Fsp3) is 0.100. The summed E-state index contributed by atoms with van der Waals surface area (Å²) in [5.41, 5.74) is 20.8. The molecule has 296 valence electrons. The SMILES string of the molecule is Cc1cccc(-c2cccc3c2Oc2ccccc2C32c3ccccc3-c3c(-c4nc(-c5cc6c7c(cccc7c5)CC6)cc(-c5ccc6c7c(cccc57)CC6)n4)cccc32)c1. The largest absolute Gasteiger partial charge is 0.456 e. The minimum Gasteiger partial charge on any atom is -0.456 e. The van der Waals surface area contributed by atoms with E-state index in [0.29, 0.717) is 0 Å². The minimum absolute atomic E-state index is 0.649. The fourth-order valence-corrected chi connectivity index (χ4v) is 11.9. The van der Waals surface area contributed by atoms with Gasteiger partial charge in [-0.1, -0.05) is 157 Å². The second-order valence-electron chi connectivity index (χ2n) is 17.9. The maximum absolute atomic E-state index is 7.05. The number of benzene rings is 9. The van der Waals surface area contributed by atoms with Gasteiger partial charge in [-0.2, -0.15) is 0 Å². The van der Waals surface area contributed by atoms with Gasteiger partial charge in [0.05, 0.1) is 16.8 Å². The lowest BCUT2D eigenvalue weighted by atomic mass is 9.65. The summed E-state index contributed by atoms with van der Waals surface area (Å²) in [6.07, 6.45) is 4.30. The molecule has 3 aliphatic carbocycles. The van der Waals surface area contributed by atoms with Crippen molar-refractivity contribution in [3.05, 3.63) is 226 Å². The molecule has 1 atom stereocenters. The van der Waals surface area contributed by atoms with Crippen molar-refractivity contribution in [2.24, 2.45) is 0 Å². The van der Waals surface area contributed by atoms with Crippen LogP contribution in [-0.4, -0.2) is 9.97 Å². The molecule has 0 amide bonds. The van der Waals surface area contributed by atoms with Crippen LogP contribution in [0.5, 0.6) is 11.5 Å². The zero-order valence-corrected chi connectivity index (χ0v) is 34.9. The molecule has 0 fully saturated rings. The van der Waals surface area contributed by atoms with Crippen molar-refractivity contribution in [3.63, 3.8) is 0 Å². The van der Waals surface area contributed by atoms with E-state index in [4.69, 9.17) is 14.7 Å². The lowest BCUT2D eigenvalue weighted by Gasteiger charge is -2.40. The predicted molar refractivity (Wildman–Crippen MR) is 256 cm³/mol. The first kappa shape index (κ1) is 35.0. The summed E-state index contributed by atoms with van der Waals surface area (Å²) >= 11 is 0. The Morgan fingerprint density at radius 3 is 2.02 bits per heavy atom. The fourth-order valence-electron chi connectivity index (χ4n) is 11.9. The Balaban J connectivity index is 1.06. The van der Waals surface area contributed by atoms with Crippen molar-refractivity contribution >= 4 is 21.5 Å². The van der Waals surface area contributed by atoms with Crippen LogP contribution in [0, 0.1) is 6.92 Å². The van der Waals surface area contributed by atoms with Gasteiger partial charge in [0.1, 0.15) is 11.5 Å². The van der Waals surface area contributed by atoms with E-state index in [1.807, 2.05) is 0 Å². The molecule has 1 unspecified atom stereocenters. The molecule has 0 N–H and O–H groups in total. The first-order valence-corrected chi connectivity index (χ1v) is 22.3. The van der Waals surface area contributed by atoms with Gasteiger partial charge in [-0.05, 0) is 128 Å². The molecule has 0 bridgehead atoms. The Morgan fingerprint density at radius 1 is 0.444 bits per heavy atom. The number of hydrogen-bond donors (Lipinski definition) is 0. The molecule has 10 aromatic rings. The van der Waals surface area contributed by atoms with Gasteiger partial charge in [0, 0.05) is 33.4 Å².